The monoisotopic (exact) mass is 350 g/mol. The fraction of sp³-hybridized carbons (Fsp3) is 0.278. The van der Waals surface area contributed by atoms with E-state index < -0.39 is 0 Å². The van der Waals surface area contributed by atoms with Crippen molar-refractivity contribution in [3.63, 3.8) is 0 Å². The molecule has 0 radical (unpaired) electrons. The van der Waals surface area contributed by atoms with Gasteiger partial charge in [0, 0.05) is 11.8 Å². The summed E-state index contributed by atoms with van der Waals surface area (Å²) in [6, 6.07) is 11.3. The first-order valence-electron chi connectivity index (χ1n) is 7.67. The van der Waals surface area contributed by atoms with Crippen molar-refractivity contribution in [2.24, 2.45) is 5.92 Å². The van der Waals surface area contributed by atoms with Gasteiger partial charge in [-0.15, -0.1) is 12.4 Å². The van der Waals surface area contributed by atoms with Crippen LogP contribution in [0.5, 0.6) is 5.75 Å². The van der Waals surface area contributed by atoms with Crippen molar-refractivity contribution < 1.29 is 13.9 Å². The lowest BCUT2D eigenvalue weighted by Crippen LogP contribution is -2.15. The van der Waals surface area contributed by atoms with Gasteiger partial charge in [0.1, 0.15) is 11.6 Å². The van der Waals surface area contributed by atoms with E-state index in [-0.39, 0.29) is 30.6 Å². The average Bonchev–Trinajstić information content (AvgIpc) is 3.34. The fourth-order valence-electron chi connectivity index (χ4n) is 2.23. The Bertz CT molecular complexity index is 703. The predicted molar refractivity (Wildman–Crippen MR) is 95.1 cm³/mol. The molecular weight excluding hydrogens is 331 g/mol. The fourth-order valence-corrected chi connectivity index (χ4v) is 2.23. The minimum absolute atomic E-state index is 0. The van der Waals surface area contributed by atoms with Crippen LogP contribution in [0.15, 0.2) is 42.5 Å². The molecule has 2 aromatic carbocycles. The van der Waals surface area contributed by atoms with Gasteiger partial charge in [-0.1, -0.05) is 12.1 Å². The van der Waals surface area contributed by atoms with Crippen LogP contribution < -0.4 is 15.8 Å². The molecule has 1 fully saturated rings. The Kier molecular flexibility index (Phi) is 6.04. The number of anilines is 2. The summed E-state index contributed by atoms with van der Waals surface area (Å²) in [6.45, 7) is 0.560. The maximum atomic E-state index is 13.4. The third-order valence-corrected chi connectivity index (χ3v) is 3.73. The second-order valence-electron chi connectivity index (χ2n) is 5.86. The van der Waals surface area contributed by atoms with Crippen LogP contribution in [0, 0.1) is 11.7 Å². The lowest BCUT2D eigenvalue weighted by molar-refractivity contribution is -0.115. The lowest BCUT2D eigenvalue weighted by atomic mass is 10.1. The Morgan fingerprint density at radius 2 is 1.92 bits per heavy atom. The van der Waals surface area contributed by atoms with Crippen LogP contribution in [-0.2, 0) is 11.2 Å². The molecule has 1 aliphatic carbocycles. The van der Waals surface area contributed by atoms with Gasteiger partial charge in [-0.05, 0) is 48.6 Å². The molecule has 0 bridgehead atoms. The normalized spacial score (nSPS) is 13.0. The summed E-state index contributed by atoms with van der Waals surface area (Å²) in [6.07, 6.45) is 2.52. The number of carbonyl (C=O) groups is 1. The van der Waals surface area contributed by atoms with Crippen LogP contribution in [0.1, 0.15) is 18.4 Å². The van der Waals surface area contributed by atoms with Crippen molar-refractivity contribution in [3.05, 3.63) is 53.8 Å². The molecule has 3 N–H and O–H groups in total. The molecular formula is C18H20ClFN2O2. The van der Waals surface area contributed by atoms with Crippen LogP contribution in [0.25, 0.3) is 0 Å². The highest BCUT2D eigenvalue weighted by atomic mass is 35.5. The second-order valence-corrected chi connectivity index (χ2v) is 5.86. The van der Waals surface area contributed by atoms with Crippen molar-refractivity contribution in [3.8, 4) is 5.75 Å². The molecule has 0 unspecified atom stereocenters. The molecule has 0 atom stereocenters. The Hall–Kier alpha value is -2.27. The van der Waals surface area contributed by atoms with E-state index in [1.807, 2.05) is 12.1 Å². The van der Waals surface area contributed by atoms with Crippen LogP contribution in [0.3, 0.4) is 0 Å². The molecule has 0 aromatic heterocycles. The van der Waals surface area contributed by atoms with Gasteiger partial charge in [0.25, 0.3) is 0 Å². The molecule has 1 aliphatic rings. The van der Waals surface area contributed by atoms with Gasteiger partial charge < -0.3 is 15.8 Å². The van der Waals surface area contributed by atoms with Gasteiger partial charge in [0.05, 0.1) is 18.7 Å². The van der Waals surface area contributed by atoms with Crippen molar-refractivity contribution in [1.29, 1.82) is 0 Å². The van der Waals surface area contributed by atoms with E-state index in [0.717, 1.165) is 18.4 Å². The van der Waals surface area contributed by atoms with Crippen molar-refractivity contribution in [1.82, 2.24) is 0 Å². The molecule has 0 spiro atoms. The highest BCUT2D eigenvalue weighted by Gasteiger charge is 2.22. The number of hydrogen-bond donors (Lipinski definition) is 2. The zero-order valence-corrected chi connectivity index (χ0v) is 13.9. The zero-order chi connectivity index (χ0) is 16.2. The first-order valence-corrected chi connectivity index (χ1v) is 7.67. The first-order chi connectivity index (χ1) is 11.1. The molecule has 128 valence electrons. The summed E-state index contributed by atoms with van der Waals surface area (Å²) < 4.78 is 19.0. The molecule has 0 heterocycles. The number of amides is 1. The van der Waals surface area contributed by atoms with Crippen molar-refractivity contribution >= 4 is 29.7 Å². The van der Waals surface area contributed by atoms with Gasteiger partial charge in [-0.2, -0.15) is 0 Å². The second kappa shape index (κ2) is 8.02. The van der Waals surface area contributed by atoms with Gasteiger partial charge >= 0.3 is 0 Å². The molecule has 4 nitrogen and oxygen atoms in total. The number of benzene rings is 2. The molecule has 24 heavy (non-hydrogen) atoms. The molecule has 6 heteroatoms. The van der Waals surface area contributed by atoms with E-state index in [2.05, 4.69) is 5.32 Å². The van der Waals surface area contributed by atoms with Crippen molar-refractivity contribution in [2.75, 3.05) is 17.7 Å². The molecule has 1 amide bonds. The Morgan fingerprint density at radius 1 is 1.21 bits per heavy atom. The number of rotatable bonds is 6. The Labute approximate surface area is 146 Å². The number of nitrogens with one attached hydrogen (secondary N) is 1. The SMILES string of the molecule is Cl.Nc1ccc(CC(=O)Nc2ccc(F)cc2OCC2CC2)cc1. The standard InChI is InChI=1S/C18H19FN2O2.ClH/c19-14-5-8-16(17(10-14)23-11-13-1-2-13)21-18(22)9-12-3-6-15(20)7-4-12;/h3-8,10,13H,1-2,9,11,20H2,(H,21,22);1H. The number of carbonyl (C=O) groups excluding carboxylic acids is 1. The zero-order valence-electron chi connectivity index (χ0n) is 13.1. The summed E-state index contributed by atoms with van der Waals surface area (Å²) in [4.78, 5) is 12.2. The van der Waals surface area contributed by atoms with Gasteiger partial charge in [0.2, 0.25) is 5.91 Å². The summed E-state index contributed by atoms with van der Waals surface area (Å²) in [5, 5.41) is 2.78. The highest BCUT2D eigenvalue weighted by molar-refractivity contribution is 5.93. The molecule has 0 saturated heterocycles. The van der Waals surface area contributed by atoms with Gasteiger partial charge in [-0.25, -0.2) is 4.39 Å². The topological polar surface area (TPSA) is 64.4 Å². The number of halogens is 2. The highest BCUT2D eigenvalue weighted by Crippen LogP contribution is 2.32. The summed E-state index contributed by atoms with van der Waals surface area (Å²) in [7, 11) is 0. The van der Waals surface area contributed by atoms with E-state index >= 15 is 0 Å². The first kappa shape index (κ1) is 18.1. The largest absolute Gasteiger partial charge is 0.491 e. The van der Waals surface area contributed by atoms with Crippen LogP contribution >= 0.6 is 12.4 Å². The molecule has 0 aliphatic heterocycles. The third-order valence-electron chi connectivity index (χ3n) is 3.73. The van der Waals surface area contributed by atoms with Crippen LogP contribution in [0.2, 0.25) is 0 Å². The summed E-state index contributed by atoms with van der Waals surface area (Å²) in [5.74, 6) is 0.365. The third kappa shape index (κ3) is 5.13. The van der Waals surface area contributed by atoms with E-state index in [0.29, 0.717) is 29.6 Å². The number of nitrogen functional groups attached to an aromatic ring is 1. The van der Waals surface area contributed by atoms with E-state index in [4.69, 9.17) is 10.5 Å². The summed E-state index contributed by atoms with van der Waals surface area (Å²) >= 11 is 0. The maximum absolute atomic E-state index is 13.4. The quantitative estimate of drug-likeness (QED) is 0.779. The molecule has 1 saturated carbocycles. The maximum Gasteiger partial charge on any atom is 0.228 e. The minimum atomic E-state index is -0.382. The van der Waals surface area contributed by atoms with Crippen LogP contribution in [0.4, 0.5) is 15.8 Å². The summed E-state index contributed by atoms with van der Waals surface area (Å²) in [5.41, 5.74) is 7.63. The molecule has 2 aromatic rings. The average molecular weight is 351 g/mol. The van der Waals surface area contributed by atoms with Crippen LogP contribution in [-0.4, -0.2) is 12.5 Å². The van der Waals surface area contributed by atoms with Gasteiger partial charge in [0.15, 0.2) is 0 Å². The lowest BCUT2D eigenvalue weighted by Gasteiger charge is -2.12. The molecule has 3 rings (SSSR count). The number of ether oxygens (including phenoxy) is 1. The van der Waals surface area contributed by atoms with Gasteiger partial charge in [-0.3, -0.25) is 4.79 Å². The number of nitrogens with two attached hydrogens (primary N) is 1. The van der Waals surface area contributed by atoms with Crippen molar-refractivity contribution in [2.45, 2.75) is 19.3 Å². The van der Waals surface area contributed by atoms with E-state index in [1.165, 1.54) is 18.2 Å². The smallest absolute Gasteiger partial charge is 0.228 e. The minimum Gasteiger partial charge on any atom is -0.491 e. The number of hydrogen-bond acceptors (Lipinski definition) is 3. The van der Waals surface area contributed by atoms with E-state index in [9.17, 15) is 9.18 Å². The Balaban J connectivity index is 0.00000208. The predicted octanol–water partition coefficient (Wildman–Crippen LogP) is 3.80. The Morgan fingerprint density at radius 3 is 2.58 bits per heavy atom. The van der Waals surface area contributed by atoms with E-state index in [1.54, 1.807) is 12.1 Å².